The van der Waals surface area contributed by atoms with Crippen molar-refractivity contribution in [2.24, 2.45) is 12.8 Å². The number of hydrogen-bond donors (Lipinski definition) is 1. The van der Waals surface area contributed by atoms with Gasteiger partial charge < -0.3 is 10.5 Å². The molecule has 0 saturated carbocycles. The Balaban J connectivity index is 1.88. The van der Waals surface area contributed by atoms with Crippen LogP contribution < -0.4 is 5.73 Å². The molecule has 2 N–H and O–H groups in total. The van der Waals surface area contributed by atoms with Crippen molar-refractivity contribution in [2.45, 2.75) is 37.8 Å². The summed E-state index contributed by atoms with van der Waals surface area (Å²) >= 11 is 0. The van der Waals surface area contributed by atoms with Crippen LogP contribution in [0.3, 0.4) is 0 Å². The highest BCUT2D eigenvalue weighted by atomic mass is 16.5. The highest BCUT2D eigenvalue weighted by Gasteiger charge is 2.18. The van der Waals surface area contributed by atoms with Crippen LogP contribution in [0.15, 0.2) is 12.4 Å². The smallest absolute Gasteiger partial charge is 0.0593 e. The van der Waals surface area contributed by atoms with Crippen molar-refractivity contribution in [3.05, 3.63) is 18.0 Å². The first-order chi connectivity index (χ1) is 7.25. The number of rotatable bonds is 3. The van der Waals surface area contributed by atoms with Crippen LogP contribution in [0, 0.1) is 0 Å². The summed E-state index contributed by atoms with van der Waals surface area (Å²) in [7, 11) is 1.91. The summed E-state index contributed by atoms with van der Waals surface area (Å²) in [6.07, 6.45) is 8.68. The standard InChI is InChI=1S/C11H19N3O/c1-14-8-9(7-13-14)11(12)6-10-4-2-3-5-15-10/h7-8,10-11H,2-6,12H2,1H3. The van der Waals surface area contributed by atoms with Crippen molar-refractivity contribution in [1.82, 2.24) is 9.78 Å². The Morgan fingerprint density at radius 3 is 3.13 bits per heavy atom. The van der Waals surface area contributed by atoms with E-state index in [0.717, 1.165) is 25.0 Å². The third kappa shape index (κ3) is 2.79. The zero-order valence-corrected chi connectivity index (χ0v) is 9.22. The van der Waals surface area contributed by atoms with E-state index < -0.39 is 0 Å². The van der Waals surface area contributed by atoms with Gasteiger partial charge in [0, 0.05) is 31.5 Å². The quantitative estimate of drug-likeness (QED) is 0.818. The van der Waals surface area contributed by atoms with Gasteiger partial charge in [-0.3, -0.25) is 4.68 Å². The molecule has 2 atom stereocenters. The van der Waals surface area contributed by atoms with Gasteiger partial charge >= 0.3 is 0 Å². The lowest BCUT2D eigenvalue weighted by Crippen LogP contribution is -2.24. The summed E-state index contributed by atoms with van der Waals surface area (Å²) < 4.78 is 7.46. The van der Waals surface area contributed by atoms with Gasteiger partial charge in [0.2, 0.25) is 0 Å². The molecule has 0 aromatic carbocycles. The fourth-order valence-electron chi connectivity index (χ4n) is 2.04. The van der Waals surface area contributed by atoms with E-state index in [4.69, 9.17) is 10.5 Å². The lowest BCUT2D eigenvalue weighted by molar-refractivity contribution is 0.00729. The second-order valence-electron chi connectivity index (χ2n) is 4.28. The maximum absolute atomic E-state index is 6.11. The van der Waals surface area contributed by atoms with Crippen molar-refractivity contribution in [2.75, 3.05) is 6.61 Å². The van der Waals surface area contributed by atoms with E-state index in [0.29, 0.717) is 6.10 Å². The van der Waals surface area contributed by atoms with Gasteiger partial charge in [0.1, 0.15) is 0 Å². The van der Waals surface area contributed by atoms with Crippen LogP contribution in [0.25, 0.3) is 0 Å². The SMILES string of the molecule is Cn1cc(C(N)CC2CCCCO2)cn1. The van der Waals surface area contributed by atoms with Crippen LogP contribution in [0.2, 0.25) is 0 Å². The average molecular weight is 209 g/mol. The Kier molecular flexibility index (Phi) is 3.38. The van der Waals surface area contributed by atoms with E-state index in [1.54, 1.807) is 4.68 Å². The van der Waals surface area contributed by atoms with Gasteiger partial charge in [0.15, 0.2) is 0 Å². The van der Waals surface area contributed by atoms with Crippen LogP contribution in [0.5, 0.6) is 0 Å². The lowest BCUT2D eigenvalue weighted by Gasteiger charge is -2.24. The molecule has 1 aromatic heterocycles. The third-order valence-corrected chi connectivity index (χ3v) is 2.94. The molecule has 2 rings (SSSR count). The van der Waals surface area contributed by atoms with E-state index in [1.807, 2.05) is 19.4 Å². The monoisotopic (exact) mass is 209 g/mol. The van der Waals surface area contributed by atoms with Crippen molar-refractivity contribution in [3.63, 3.8) is 0 Å². The number of ether oxygens (including phenoxy) is 1. The molecule has 1 aromatic rings. The Labute approximate surface area is 90.4 Å². The largest absolute Gasteiger partial charge is 0.378 e. The van der Waals surface area contributed by atoms with E-state index in [9.17, 15) is 0 Å². The molecule has 2 heterocycles. The van der Waals surface area contributed by atoms with Crippen molar-refractivity contribution in [1.29, 1.82) is 0 Å². The Morgan fingerprint density at radius 2 is 2.53 bits per heavy atom. The van der Waals surface area contributed by atoms with E-state index >= 15 is 0 Å². The van der Waals surface area contributed by atoms with Gasteiger partial charge in [-0.25, -0.2) is 0 Å². The second-order valence-corrected chi connectivity index (χ2v) is 4.28. The zero-order valence-electron chi connectivity index (χ0n) is 9.22. The van der Waals surface area contributed by atoms with Crippen LogP contribution in [0.4, 0.5) is 0 Å². The number of aryl methyl sites for hydroxylation is 1. The Bertz CT molecular complexity index is 305. The number of aromatic nitrogens is 2. The van der Waals surface area contributed by atoms with E-state index in [-0.39, 0.29) is 6.04 Å². The van der Waals surface area contributed by atoms with Crippen molar-refractivity contribution >= 4 is 0 Å². The molecule has 0 amide bonds. The predicted octanol–water partition coefficient (Wildman–Crippen LogP) is 1.38. The maximum Gasteiger partial charge on any atom is 0.0593 e. The third-order valence-electron chi connectivity index (χ3n) is 2.94. The normalized spacial score (nSPS) is 24.0. The van der Waals surface area contributed by atoms with Crippen molar-refractivity contribution < 1.29 is 4.74 Å². The fraction of sp³-hybridized carbons (Fsp3) is 0.727. The summed E-state index contributed by atoms with van der Waals surface area (Å²) in [4.78, 5) is 0. The van der Waals surface area contributed by atoms with E-state index in [2.05, 4.69) is 5.10 Å². The first kappa shape index (κ1) is 10.6. The minimum atomic E-state index is 0.0572. The zero-order chi connectivity index (χ0) is 10.7. The lowest BCUT2D eigenvalue weighted by atomic mass is 9.99. The van der Waals surface area contributed by atoms with Crippen LogP contribution in [-0.2, 0) is 11.8 Å². The van der Waals surface area contributed by atoms with Crippen LogP contribution >= 0.6 is 0 Å². The summed E-state index contributed by atoms with van der Waals surface area (Å²) in [6, 6.07) is 0.0572. The summed E-state index contributed by atoms with van der Waals surface area (Å²) in [5.74, 6) is 0. The highest BCUT2D eigenvalue weighted by molar-refractivity contribution is 5.09. The molecule has 0 bridgehead atoms. The van der Waals surface area contributed by atoms with Crippen LogP contribution in [0.1, 0.15) is 37.3 Å². The maximum atomic E-state index is 6.11. The number of nitrogens with zero attached hydrogens (tertiary/aromatic N) is 2. The molecular formula is C11H19N3O. The number of hydrogen-bond acceptors (Lipinski definition) is 3. The molecule has 1 aliphatic rings. The molecule has 1 aliphatic heterocycles. The Morgan fingerprint density at radius 1 is 1.67 bits per heavy atom. The summed E-state index contributed by atoms with van der Waals surface area (Å²) in [5, 5.41) is 4.13. The minimum Gasteiger partial charge on any atom is -0.378 e. The molecule has 1 saturated heterocycles. The minimum absolute atomic E-state index is 0.0572. The molecule has 4 nitrogen and oxygen atoms in total. The average Bonchev–Trinajstić information content (AvgIpc) is 2.66. The topological polar surface area (TPSA) is 53.1 Å². The van der Waals surface area contributed by atoms with Gasteiger partial charge in [0.25, 0.3) is 0 Å². The first-order valence-corrected chi connectivity index (χ1v) is 5.61. The van der Waals surface area contributed by atoms with Gasteiger partial charge in [-0.05, 0) is 25.7 Å². The van der Waals surface area contributed by atoms with Crippen LogP contribution in [-0.4, -0.2) is 22.5 Å². The second kappa shape index (κ2) is 4.77. The van der Waals surface area contributed by atoms with E-state index in [1.165, 1.54) is 12.8 Å². The van der Waals surface area contributed by atoms with Gasteiger partial charge in [0.05, 0.1) is 12.3 Å². The molecule has 84 valence electrons. The predicted molar refractivity (Wildman–Crippen MR) is 58.3 cm³/mol. The Hall–Kier alpha value is -0.870. The van der Waals surface area contributed by atoms with Gasteiger partial charge in [-0.15, -0.1) is 0 Å². The molecular weight excluding hydrogens is 190 g/mol. The van der Waals surface area contributed by atoms with Gasteiger partial charge in [-0.1, -0.05) is 0 Å². The molecule has 0 spiro atoms. The van der Waals surface area contributed by atoms with Crippen molar-refractivity contribution in [3.8, 4) is 0 Å². The highest BCUT2D eigenvalue weighted by Crippen LogP contribution is 2.22. The molecule has 0 radical (unpaired) electrons. The molecule has 2 unspecified atom stereocenters. The summed E-state index contributed by atoms with van der Waals surface area (Å²) in [5.41, 5.74) is 7.21. The number of nitrogens with two attached hydrogens (primary N) is 1. The molecule has 1 fully saturated rings. The van der Waals surface area contributed by atoms with Gasteiger partial charge in [-0.2, -0.15) is 5.10 Å². The summed E-state index contributed by atoms with van der Waals surface area (Å²) in [6.45, 7) is 0.893. The molecule has 15 heavy (non-hydrogen) atoms. The first-order valence-electron chi connectivity index (χ1n) is 5.61. The molecule has 0 aliphatic carbocycles. The molecule has 4 heteroatoms. The fourth-order valence-corrected chi connectivity index (χ4v) is 2.04.